The fourth-order valence-electron chi connectivity index (χ4n) is 9.89. The van der Waals surface area contributed by atoms with Crippen LogP contribution in [0.3, 0.4) is 0 Å². The van der Waals surface area contributed by atoms with Gasteiger partial charge in [0.1, 0.15) is 36.3 Å². The van der Waals surface area contributed by atoms with Gasteiger partial charge in [0.25, 0.3) is 0 Å². The molecule has 63 heavy (non-hydrogen) atoms. The maximum absolute atomic E-state index is 14.5. The van der Waals surface area contributed by atoms with Crippen molar-refractivity contribution in [1.82, 2.24) is 25.8 Å². The van der Waals surface area contributed by atoms with Crippen molar-refractivity contribution in [1.29, 1.82) is 0 Å². The number of cyclic esters (lactones) is 1. The van der Waals surface area contributed by atoms with Gasteiger partial charge < -0.3 is 59.1 Å². The number of rotatable bonds is 7. The minimum Gasteiger partial charge on any atom is -0.458 e. The average Bonchev–Trinajstić information content (AvgIpc) is 3.55. The molecule has 0 radical (unpaired) electrons. The summed E-state index contributed by atoms with van der Waals surface area (Å²) in [6.07, 6.45) is -7.73. The van der Waals surface area contributed by atoms with Crippen molar-refractivity contribution >= 4 is 40.9 Å². The van der Waals surface area contributed by atoms with E-state index in [1.54, 1.807) is 54.5 Å². The summed E-state index contributed by atoms with van der Waals surface area (Å²) in [7, 11) is 3.69. The van der Waals surface area contributed by atoms with E-state index in [9.17, 15) is 29.1 Å². The number of likely N-dealkylation sites (N-methyl/N-ethyl adjacent to an activating group) is 1. The Morgan fingerprint density at radius 3 is 2.44 bits per heavy atom. The molecule has 348 valence electrons. The van der Waals surface area contributed by atoms with Gasteiger partial charge in [-0.05, 0) is 73.2 Å². The Kier molecular flexibility index (Phi) is 14.9. The zero-order chi connectivity index (χ0) is 46.0. The number of para-hydroxylation sites is 1. The van der Waals surface area contributed by atoms with Crippen molar-refractivity contribution in [2.45, 2.75) is 147 Å². The van der Waals surface area contributed by atoms with Gasteiger partial charge in [0.05, 0.1) is 48.0 Å². The molecular formula is C45H65N5O13. The van der Waals surface area contributed by atoms with E-state index >= 15 is 0 Å². The van der Waals surface area contributed by atoms with Crippen LogP contribution in [-0.4, -0.2) is 138 Å². The Balaban J connectivity index is 1.37. The molecule has 4 fully saturated rings. The molecule has 1 unspecified atom stereocenters. The number of amides is 3. The highest BCUT2D eigenvalue weighted by atomic mass is 16.7. The minimum absolute atomic E-state index is 0.0914. The lowest BCUT2D eigenvalue weighted by Crippen LogP contribution is -2.61. The molecule has 4 N–H and O–H groups in total. The number of nitrogens with zero attached hydrogens (tertiary/aromatic N) is 2. The van der Waals surface area contributed by atoms with E-state index < -0.39 is 102 Å². The highest BCUT2D eigenvalue weighted by Gasteiger charge is 2.58. The SMILES string of the molecule is CC[C@H]1OC(=O)[C@H](C)[C@H]2OCC(NC(=O)OCc3ccc4ccccc4n3)CNC(=O)O[C@](C)(C[C@@H](C)C(=O)[C@H](C)[C@@H]3NC(=O)O[C@]13C)[C@H](O[C@@H]1O[C@H](C)C[C@H](N(C)C)[C@H]1O)[C@H]2C. The number of aliphatic hydroxyl groups excluding tert-OH is 1. The predicted molar refractivity (Wildman–Crippen MR) is 227 cm³/mol. The third-order valence-electron chi connectivity index (χ3n) is 13.3. The quantitative estimate of drug-likeness (QED) is 0.226. The van der Waals surface area contributed by atoms with Crippen molar-refractivity contribution in [2.24, 2.45) is 23.7 Å². The maximum Gasteiger partial charge on any atom is 0.408 e. The summed E-state index contributed by atoms with van der Waals surface area (Å²) in [4.78, 5) is 75.7. The van der Waals surface area contributed by atoms with Crippen LogP contribution in [0.4, 0.5) is 14.4 Å². The molecule has 5 heterocycles. The molecule has 4 aliphatic heterocycles. The third-order valence-corrected chi connectivity index (χ3v) is 13.3. The Hall–Kier alpha value is -4.62. The van der Waals surface area contributed by atoms with E-state index in [1.807, 2.05) is 56.3 Å². The topological polar surface area (TPSA) is 222 Å². The molecule has 0 spiro atoms. The largest absolute Gasteiger partial charge is 0.458 e. The summed E-state index contributed by atoms with van der Waals surface area (Å²) in [6, 6.07) is 9.05. The summed E-state index contributed by atoms with van der Waals surface area (Å²) < 4.78 is 43.7. The normalized spacial score (nSPS) is 38.2. The summed E-state index contributed by atoms with van der Waals surface area (Å²) >= 11 is 0. The summed E-state index contributed by atoms with van der Waals surface area (Å²) in [5.74, 6) is -4.52. The number of nitrogens with one attached hydrogen (secondary N) is 3. The maximum atomic E-state index is 14.5. The van der Waals surface area contributed by atoms with Gasteiger partial charge in [0, 0.05) is 35.7 Å². The van der Waals surface area contributed by atoms with Crippen molar-refractivity contribution in [3.05, 3.63) is 42.1 Å². The van der Waals surface area contributed by atoms with Crippen LogP contribution in [-0.2, 0) is 49.4 Å². The second kappa shape index (κ2) is 19.6. The first-order chi connectivity index (χ1) is 29.7. The summed E-state index contributed by atoms with van der Waals surface area (Å²) in [6.45, 7) is 13.2. The van der Waals surface area contributed by atoms with Gasteiger partial charge in [-0.2, -0.15) is 0 Å². The number of aliphatic hydroxyl groups is 1. The van der Waals surface area contributed by atoms with Gasteiger partial charge >= 0.3 is 24.2 Å². The fourth-order valence-corrected chi connectivity index (χ4v) is 9.89. The Morgan fingerprint density at radius 2 is 1.73 bits per heavy atom. The molecule has 15 atom stereocenters. The van der Waals surface area contributed by atoms with Gasteiger partial charge in [0.15, 0.2) is 11.9 Å². The summed E-state index contributed by atoms with van der Waals surface area (Å²) in [5, 5.41) is 20.9. The Morgan fingerprint density at radius 1 is 1.00 bits per heavy atom. The molecule has 4 aliphatic rings. The number of alkyl carbamates (subject to hydrolysis) is 3. The molecule has 2 aromatic rings. The number of esters is 1. The number of hydrogen-bond donors (Lipinski definition) is 4. The number of Topliss-reactive ketones (excluding diaryl/α,β-unsaturated/α-hetero) is 1. The molecule has 2 bridgehead atoms. The van der Waals surface area contributed by atoms with Crippen molar-refractivity contribution in [3.63, 3.8) is 0 Å². The molecule has 18 nitrogen and oxygen atoms in total. The number of benzene rings is 1. The highest BCUT2D eigenvalue weighted by Crippen LogP contribution is 2.42. The van der Waals surface area contributed by atoms with Gasteiger partial charge in [-0.15, -0.1) is 0 Å². The van der Waals surface area contributed by atoms with Gasteiger partial charge in [-0.1, -0.05) is 52.0 Å². The van der Waals surface area contributed by atoms with E-state index in [-0.39, 0.29) is 50.5 Å². The first kappa shape index (κ1) is 47.8. The van der Waals surface area contributed by atoms with Crippen LogP contribution in [0.15, 0.2) is 36.4 Å². The van der Waals surface area contributed by atoms with Crippen LogP contribution in [0.25, 0.3) is 10.9 Å². The van der Waals surface area contributed by atoms with Crippen LogP contribution in [0, 0.1) is 23.7 Å². The number of fused-ring (bicyclic) bond motifs is 5. The van der Waals surface area contributed by atoms with Gasteiger partial charge in [-0.3, -0.25) is 9.59 Å². The number of aromatic nitrogens is 1. The molecule has 1 aromatic carbocycles. The van der Waals surface area contributed by atoms with Crippen molar-refractivity contribution in [2.75, 3.05) is 27.2 Å². The summed E-state index contributed by atoms with van der Waals surface area (Å²) in [5.41, 5.74) is -1.82. The molecule has 6 rings (SSSR count). The van der Waals surface area contributed by atoms with Gasteiger partial charge in [-0.25, -0.2) is 19.4 Å². The van der Waals surface area contributed by atoms with Gasteiger partial charge in [0.2, 0.25) is 0 Å². The minimum atomic E-state index is -1.66. The Labute approximate surface area is 368 Å². The van der Waals surface area contributed by atoms with Crippen LogP contribution in [0.5, 0.6) is 0 Å². The Bertz CT molecular complexity index is 1990. The van der Waals surface area contributed by atoms with Crippen LogP contribution >= 0.6 is 0 Å². The zero-order valence-electron chi connectivity index (χ0n) is 38.0. The van der Waals surface area contributed by atoms with E-state index in [1.165, 1.54) is 0 Å². The van der Waals surface area contributed by atoms with E-state index in [0.717, 1.165) is 10.9 Å². The van der Waals surface area contributed by atoms with Crippen molar-refractivity contribution in [3.8, 4) is 0 Å². The smallest absolute Gasteiger partial charge is 0.408 e. The number of carbonyl (C=O) groups is 5. The molecule has 18 heteroatoms. The predicted octanol–water partition coefficient (Wildman–Crippen LogP) is 4.23. The molecular weight excluding hydrogens is 819 g/mol. The monoisotopic (exact) mass is 883 g/mol. The standard InChI is InChI=1S/C45H65N5O13/c1-11-33-45(8)37(49-43(56)63-45)25(4)34(51)23(2)19-44(7)38(61-40-35(52)32(50(9)10)18-24(3)59-40)26(5)36(27(6)39(53)60-33)57-22-30(20-46-41(54)62-44)48-42(55)58-21-29-17-16-28-14-12-13-15-31(28)47-29/h12-17,23-27,30,32-33,35-38,40,52H,11,18-22H2,1-10H3,(H,46,54)(H,48,55)(H,49,56)/t23-,24-,25+,26+,27-,30?,32+,33-,35-,36+,37+,38-,40+,44-,45-/m1/s1. The van der Waals surface area contributed by atoms with E-state index in [0.29, 0.717) is 12.1 Å². The second-order valence-electron chi connectivity index (χ2n) is 18.4. The number of ketones is 1. The molecule has 4 saturated heterocycles. The first-order valence-electron chi connectivity index (χ1n) is 22.0. The average molecular weight is 884 g/mol. The fraction of sp³-hybridized carbons (Fsp3) is 0.689. The second-order valence-corrected chi connectivity index (χ2v) is 18.4. The van der Waals surface area contributed by atoms with E-state index in [4.69, 9.17) is 33.2 Å². The van der Waals surface area contributed by atoms with Crippen LogP contribution < -0.4 is 16.0 Å². The van der Waals surface area contributed by atoms with E-state index in [2.05, 4.69) is 20.9 Å². The number of pyridine rings is 1. The van der Waals surface area contributed by atoms with Crippen LogP contribution in [0.1, 0.15) is 80.3 Å². The lowest BCUT2D eigenvalue weighted by Gasteiger charge is -2.48. The zero-order valence-corrected chi connectivity index (χ0v) is 38.0. The third kappa shape index (κ3) is 10.5. The van der Waals surface area contributed by atoms with Crippen molar-refractivity contribution < 1.29 is 62.2 Å². The molecule has 3 amide bonds. The number of ether oxygens (including phenoxy) is 7. The highest BCUT2D eigenvalue weighted by molar-refractivity contribution is 5.85. The molecule has 0 saturated carbocycles. The molecule has 0 aliphatic carbocycles. The number of hydrogen-bond acceptors (Lipinski definition) is 15. The number of carbonyl (C=O) groups excluding carboxylic acids is 5. The lowest BCUT2D eigenvalue weighted by atomic mass is 9.73. The van der Waals surface area contributed by atoms with Crippen LogP contribution in [0.2, 0.25) is 0 Å². The molecule has 1 aromatic heterocycles. The first-order valence-corrected chi connectivity index (χ1v) is 22.0. The lowest BCUT2D eigenvalue weighted by molar-refractivity contribution is -0.299.